The lowest BCUT2D eigenvalue weighted by Gasteiger charge is -2.22. The van der Waals surface area contributed by atoms with Gasteiger partial charge in [-0.1, -0.05) is 31.4 Å². The fraction of sp³-hybridized carbons (Fsp3) is 0.438. The standard InChI is InChI=1S/C16H17NO4/c18-16-9-8-15(21-16)12-6-7-13(14(10-12)17(19)20)11-4-2-1-3-5-11/h6-8,10-11H,1-5,9H2. The van der Waals surface area contributed by atoms with Gasteiger partial charge >= 0.3 is 5.97 Å². The van der Waals surface area contributed by atoms with Gasteiger partial charge in [0.15, 0.2) is 0 Å². The van der Waals surface area contributed by atoms with Gasteiger partial charge in [-0.2, -0.15) is 0 Å². The summed E-state index contributed by atoms with van der Waals surface area (Å²) >= 11 is 0. The van der Waals surface area contributed by atoms with Gasteiger partial charge in [0.1, 0.15) is 5.76 Å². The van der Waals surface area contributed by atoms with Crippen LogP contribution in [0, 0.1) is 10.1 Å². The number of nitro benzene ring substituents is 1. The van der Waals surface area contributed by atoms with Gasteiger partial charge in [-0.25, -0.2) is 0 Å². The zero-order valence-corrected chi connectivity index (χ0v) is 11.7. The molecule has 1 heterocycles. The zero-order chi connectivity index (χ0) is 14.8. The third-order valence-electron chi connectivity index (χ3n) is 4.23. The number of cyclic esters (lactones) is 1. The molecule has 1 aromatic rings. The molecule has 0 N–H and O–H groups in total. The van der Waals surface area contributed by atoms with Crippen LogP contribution in [0.1, 0.15) is 55.6 Å². The molecule has 0 aromatic heterocycles. The quantitative estimate of drug-likeness (QED) is 0.480. The molecule has 1 fully saturated rings. The topological polar surface area (TPSA) is 69.4 Å². The summed E-state index contributed by atoms with van der Waals surface area (Å²) < 4.78 is 5.07. The van der Waals surface area contributed by atoms with E-state index in [4.69, 9.17) is 4.74 Å². The molecule has 0 radical (unpaired) electrons. The Labute approximate surface area is 122 Å². The van der Waals surface area contributed by atoms with Crippen molar-refractivity contribution < 1.29 is 14.5 Å². The first-order chi connectivity index (χ1) is 10.1. The van der Waals surface area contributed by atoms with E-state index < -0.39 is 0 Å². The fourth-order valence-electron chi connectivity index (χ4n) is 3.17. The molecule has 110 valence electrons. The summed E-state index contributed by atoms with van der Waals surface area (Å²) in [6.45, 7) is 0. The number of ether oxygens (including phenoxy) is 1. The van der Waals surface area contributed by atoms with Gasteiger partial charge in [0.05, 0.1) is 11.3 Å². The molecule has 0 spiro atoms. The minimum atomic E-state index is -0.329. The van der Waals surface area contributed by atoms with E-state index in [1.807, 2.05) is 12.1 Å². The minimum absolute atomic E-state index is 0.142. The maximum absolute atomic E-state index is 11.4. The SMILES string of the molecule is O=C1CC=C(c2ccc(C3CCCCC3)c([N+](=O)[O-])c2)O1. The van der Waals surface area contributed by atoms with Gasteiger partial charge in [-0.15, -0.1) is 0 Å². The highest BCUT2D eigenvalue weighted by atomic mass is 16.6. The van der Waals surface area contributed by atoms with Crippen molar-refractivity contribution in [1.82, 2.24) is 0 Å². The number of rotatable bonds is 3. The Morgan fingerprint density at radius 3 is 2.57 bits per heavy atom. The van der Waals surface area contributed by atoms with E-state index in [2.05, 4.69) is 0 Å². The second kappa shape index (κ2) is 5.68. The van der Waals surface area contributed by atoms with Crippen molar-refractivity contribution in [3.63, 3.8) is 0 Å². The Hall–Kier alpha value is -2.17. The Morgan fingerprint density at radius 1 is 1.19 bits per heavy atom. The summed E-state index contributed by atoms with van der Waals surface area (Å²) in [6, 6.07) is 5.19. The molecular weight excluding hydrogens is 270 g/mol. The molecular formula is C16H17NO4. The summed E-state index contributed by atoms with van der Waals surface area (Å²) in [6.07, 6.45) is 7.40. The molecule has 1 aliphatic carbocycles. The van der Waals surface area contributed by atoms with Crippen molar-refractivity contribution >= 4 is 17.4 Å². The van der Waals surface area contributed by atoms with Crippen LogP contribution in [0.5, 0.6) is 0 Å². The molecule has 21 heavy (non-hydrogen) atoms. The van der Waals surface area contributed by atoms with E-state index in [0.29, 0.717) is 11.3 Å². The first-order valence-corrected chi connectivity index (χ1v) is 7.34. The van der Waals surface area contributed by atoms with Crippen molar-refractivity contribution in [3.8, 4) is 0 Å². The third kappa shape index (κ3) is 2.82. The molecule has 3 rings (SSSR count). The first-order valence-electron chi connectivity index (χ1n) is 7.34. The lowest BCUT2D eigenvalue weighted by molar-refractivity contribution is -0.385. The van der Waals surface area contributed by atoms with Crippen molar-refractivity contribution in [2.45, 2.75) is 44.4 Å². The van der Waals surface area contributed by atoms with Gasteiger partial charge in [-0.3, -0.25) is 14.9 Å². The molecule has 2 aliphatic rings. The van der Waals surface area contributed by atoms with E-state index in [9.17, 15) is 14.9 Å². The van der Waals surface area contributed by atoms with Crippen LogP contribution in [0.3, 0.4) is 0 Å². The van der Waals surface area contributed by atoms with Crippen molar-refractivity contribution in [2.75, 3.05) is 0 Å². The number of carbonyl (C=O) groups is 1. The van der Waals surface area contributed by atoms with Crippen LogP contribution in [0.15, 0.2) is 24.3 Å². The van der Waals surface area contributed by atoms with Crippen LogP contribution in [-0.2, 0) is 9.53 Å². The molecule has 0 amide bonds. The number of nitro groups is 1. The molecule has 1 saturated carbocycles. The molecule has 0 bridgehead atoms. The average Bonchev–Trinajstić information content (AvgIpc) is 2.94. The van der Waals surface area contributed by atoms with E-state index in [0.717, 1.165) is 31.2 Å². The third-order valence-corrected chi connectivity index (χ3v) is 4.23. The summed E-state index contributed by atoms with van der Waals surface area (Å²) in [5.41, 5.74) is 1.56. The van der Waals surface area contributed by atoms with Crippen molar-refractivity contribution in [2.24, 2.45) is 0 Å². The summed E-state index contributed by atoms with van der Waals surface area (Å²) in [5.74, 6) is 0.385. The molecule has 0 saturated heterocycles. The van der Waals surface area contributed by atoms with Crippen LogP contribution >= 0.6 is 0 Å². The summed E-state index contributed by atoms with van der Waals surface area (Å²) in [4.78, 5) is 22.2. The number of benzene rings is 1. The minimum Gasteiger partial charge on any atom is -0.426 e. The van der Waals surface area contributed by atoms with Gasteiger partial charge in [0.25, 0.3) is 5.69 Å². The Balaban J connectivity index is 1.94. The van der Waals surface area contributed by atoms with Crippen molar-refractivity contribution in [1.29, 1.82) is 0 Å². The van der Waals surface area contributed by atoms with Gasteiger partial charge in [0, 0.05) is 17.2 Å². The van der Waals surface area contributed by atoms with Gasteiger partial charge in [-0.05, 0) is 24.8 Å². The maximum Gasteiger partial charge on any atom is 0.315 e. The maximum atomic E-state index is 11.4. The van der Waals surface area contributed by atoms with Crippen LogP contribution in [-0.4, -0.2) is 10.9 Å². The normalized spacial score (nSPS) is 19.2. The molecule has 1 aromatic carbocycles. The van der Waals surface area contributed by atoms with Crippen LogP contribution in [0.25, 0.3) is 5.76 Å². The van der Waals surface area contributed by atoms with E-state index >= 15 is 0 Å². The average molecular weight is 287 g/mol. The highest BCUT2D eigenvalue weighted by molar-refractivity contribution is 5.85. The molecule has 1 aliphatic heterocycles. The van der Waals surface area contributed by atoms with Crippen molar-refractivity contribution in [3.05, 3.63) is 45.5 Å². The van der Waals surface area contributed by atoms with Crippen LogP contribution in [0.2, 0.25) is 0 Å². The van der Waals surface area contributed by atoms with Gasteiger partial charge < -0.3 is 4.74 Å². The molecule has 0 unspecified atom stereocenters. The fourth-order valence-corrected chi connectivity index (χ4v) is 3.17. The molecule has 5 heteroatoms. The monoisotopic (exact) mass is 287 g/mol. The van der Waals surface area contributed by atoms with E-state index in [1.165, 1.54) is 12.5 Å². The number of hydrogen-bond donors (Lipinski definition) is 0. The molecule has 0 atom stereocenters. The number of carbonyl (C=O) groups excluding carboxylic acids is 1. The highest BCUT2D eigenvalue weighted by Gasteiger charge is 2.26. The highest BCUT2D eigenvalue weighted by Crippen LogP contribution is 2.38. The number of esters is 1. The van der Waals surface area contributed by atoms with E-state index in [1.54, 1.807) is 6.08 Å². The lowest BCUT2D eigenvalue weighted by Crippen LogP contribution is -2.08. The Morgan fingerprint density at radius 2 is 1.95 bits per heavy atom. The largest absolute Gasteiger partial charge is 0.426 e. The first kappa shape index (κ1) is 13.8. The van der Waals surface area contributed by atoms with Gasteiger partial charge in [0.2, 0.25) is 0 Å². The van der Waals surface area contributed by atoms with Crippen LogP contribution < -0.4 is 0 Å². The summed E-state index contributed by atoms with van der Waals surface area (Å²) in [5, 5.41) is 11.4. The number of hydrogen-bond acceptors (Lipinski definition) is 4. The Kier molecular flexibility index (Phi) is 3.73. The predicted molar refractivity (Wildman–Crippen MR) is 77.6 cm³/mol. The summed E-state index contributed by atoms with van der Waals surface area (Å²) in [7, 11) is 0. The van der Waals surface area contributed by atoms with Crippen LogP contribution in [0.4, 0.5) is 5.69 Å². The van der Waals surface area contributed by atoms with E-state index in [-0.39, 0.29) is 28.9 Å². The second-order valence-electron chi connectivity index (χ2n) is 5.61. The smallest absolute Gasteiger partial charge is 0.315 e. The zero-order valence-electron chi connectivity index (χ0n) is 11.7. The second-order valence-corrected chi connectivity index (χ2v) is 5.61. The molecule has 5 nitrogen and oxygen atoms in total. The Bertz CT molecular complexity index is 615. The predicted octanol–water partition coefficient (Wildman–Crippen LogP) is 3.93. The number of nitrogens with zero attached hydrogens (tertiary/aromatic N) is 1. The lowest BCUT2D eigenvalue weighted by atomic mass is 9.83.